The van der Waals surface area contributed by atoms with Crippen LogP contribution in [0.2, 0.25) is 5.02 Å². The van der Waals surface area contributed by atoms with Crippen LogP contribution >= 0.6 is 11.6 Å². The molecule has 6 rings (SSSR count). The number of nitrogens with zero attached hydrogens (tertiary/aromatic N) is 6. The van der Waals surface area contributed by atoms with Gasteiger partial charge in [0.1, 0.15) is 24.1 Å². The Balaban J connectivity index is 1.38. The Hall–Kier alpha value is -3.36. The Labute approximate surface area is 252 Å². The molecular formula is C31H35ClN6O3S. The lowest BCUT2D eigenvalue weighted by Crippen LogP contribution is -2.49. The lowest BCUT2D eigenvalue weighted by Gasteiger charge is -2.38. The maximum absolute atomic E-state index is 12.4. The Kier molecular flexibility index (Phi) is 8.03. The number of ether oxygens (including phenoxy) is 1. The normalized spacial score (nSPS) is 20.0. The van der Waals surface area contributed by atoms with Gasteiger partial charge in [-0.1, -0.05) is 42.4 Å². The fourth-order valence-electron chi connectivity index (χ4n) is 6.44. The van der Waals surface area contributed by atoms with E-state index in [1.165, 1.54) is 4.31 Å². The standard InChI is InChI=1S/C31H35ClN6O3S/c1-3-42(39,40)38-17-15-36(16-18-38)30-24-12-14-37(28-11-5-8-22-7-4-10-27(32)29(22)28)20-26(24)25(19-33)31(34-30)41-21-23-9-6-13-35(23)2/h3-5,7-8,10-11,23H,1,6,9,12-18,20-21H2,2H3/t23-/m0/s1. The molecule has 0 unspecified atom stereocenters. The average molecular weight is 607 g/mol. The van der Waals surface area contributed by atoms with E-state index in [1.54, 1.807) is 0 Å². The SMILES string of the molecule is C=CS(=O)(=O)N1CCN(c2nc(OC[C@@H]3CCCN3C)c(C#N)c3c2CCN(c2cccc4cccc(Cl)c24)C3)CC1. The summed E-state index contributed by atoms with van der Waals surface area (Å²) < 4.78 is 32.6. The van der Waals surface area contributed by atoms with Crippen molar-refractivity contribution in [3.05, 3.63) is 70.1 Å². The molecule has 1 aromatic heterocycles. The molecule has 220 valence electrons. The first kappa shape index (κ1) is 28.7. The summed E-state index contributed by atoms with van der Waals surface area (Å²) in [5, 5.41) is 14.2. The van der Waals surface area contributed by atoms with Crippen molar-refractivity contribution < 1.29 is 13.2 Å². The lowest BCUT2D eigenvalue weighted by molar-refractivity contribution is 0.192. The van der Waals surface area contributed by atoms with Crippen LogP contribution in [0.5, 0.6) is 5.88 Å². The summed E-state index contributed by atoms with van der Waals surface area (Å²) >= 11 is 6.69. The van der Waals surface area contributed by atoms with Crippen molar-refractivity contribution in [1.29, 1.82) is 5.26 Å². The quantitative estimate of drug-likeness (QED) is 0.391. The molecule has 9 nitrogen and oxygen atoms in total. The van der Waals surface area contributed by atoms with Crippen molar-refractivity contribution in [2.24, 2.45) is 0 Å². The first-order valence-electron chi connectivity index (χ1n) is 14.4. The zero-order valence-electron chi connectivity index (χ0n) is 23.8. The highest BCUT2D eigenvalue weighted by Crippen LogP contribution is 2.40. The second-order valence-corrected chi connectivity index (χ2v) is 13.4. The number of sulfonamides is 1. The molecule has 2 fully saturated rings. The van der Waals surface area contributed by atoms with E-state index >= 15 is 0 Å². The molecule has 2 saturated heterocycles. The smallest absolute Gasteiger partial charge is 0.235 e. The number of hydrogen-bond acceptors (Lipinski definition) is 8. The molecule has 3 aromatic rings. The highest BCUT2D eigenvalue weighted by molar-refractivity contribution is 7.92. The number of anilines is 2. The van der Waals surface area contributed by atoms with Gasteiger partial charge in [0.2, 0.25) is 15.9 Å². The van der Waals surface area contributed by atoms with Crippen LogP contribution in [0, 0.1) is 11.3 Å². The van der Waals surface area contributed by atoms with Crippen LogP contribution in [0.4, 0.5) is 11.5 Å². The first-order valence-corrected chi connectivity index (χ1v) is 16.3. The number of pyridine rings is 1. The maximum Gasteiger partial charge on any atom is 0.235 e. The fourth-order valence-corrected chi connectivity index (χ4v) is 7.60. The van der Waals surface area contributed by atoms with Gasteiger partial charge in [0.15, 0.2) is 0 Å². The monoisotopic (exact) mass is 606 g/mol. The second-order valence-electron chi connectivity index (χ2n) is 11.2. The van der Waals surface area contributed by atoms with Crippen molar-refractivity contribution in [2.75, 3.05) is 62.7 Å². The van der Waals surface area contributed by atoms with Crippen molar-refractivity contribution in [1.82, 2.24) is 14.2 Å². The van der Waals surface area contributed by atoms with Crippen LogP contribution < -0.4 is 14.5 Å². The molecule has 42 heavy (non-hydrogen) atoms. The molecule has 1 atom stereocenters. The molecule has 0 spiro atoms. The van der Waals surface area contributed by atoms with Gasteiger partial charge in [0.05, 0.1) is 5.02 Å². The van der Waals surface area contributed by atoms with Gasteiger partial charge in [0, 0.05) is 72.9 Å². The molecule has 0 amide bonds. The number of likely N-dealkylation sites (tertiary alicyclic amines) is 1. The van der Waals surface area contributed by atoms with E-state index in [0.717, 1.165) is 64.7 Å². The summed E-state index contributed by atoms with van der Waals surface area (Å²) in [5.41, 5.74) is 3.44. The van der Waals surface area contributed by atoms with E-state index in [9.17, 15) is 13.7 Å². The number of likely N-dealkylation sites (N-methyl/N-ethyl adjacent to an activating group) is 1. The van der Waals surface area contributed by atoms with E-state index in [4.69, 9.17) is 21.3 Å². The van der Waals surface area contributed by atoms with Crippen LogP contribution in [0.1, 0.15) is 29.5 Å². The number of nitriles is 1. The van der Waals surface area contributed by atoms with Gasteiger partial charge < -0.3 is 19.4 Å². The first-order chi connectivity index (χ1) is 20.3. The number of aromatic nitrogens is 1. The summed E-state index contributed by atoms with van der Waals surface area (Å²) in [7, 11) is -1.39. The molecule has 3 aliphatic heterocycles. The van der Waals surface area contributed by atoms with Crippen LogP contribution in [-0.4, -0.2) is 81.6 Å². The molecule has 0 aliphatic carbocycles. The number of benzene rings is 2. The van der Waals surface area contributed by atoms with Gasteiger partial charge in [-0.2, -0.15) is 14.6 Å². The molecule has 0 bridgehead atoms. The zero-order valence-corrected chi connectivity index (χ0v) is 25.4. The molecule has 0 radical (unpaired) electrons. The van der Waals surface area contributed by atoms with Crippen molar-refractivity contribution in [3.8, 4) is 11.9 Å². The summed E-state index contributed by atoms with van der Waals surface area (Å²) in [4.78, 5) is 11.7. The predicted molar refractivity (Wildman–Crippen MR) is 167 cm³/mol. The third-order valence-electron chi connectivity index (χ3n) is 8.81. The molecule has 11 heteroatoms. The van der Waals surface area contributed by atoms with E-state index in [2.05, 4.69) is 52.6 Å². The summed E-state index contributed by atoms with van der Waals surface area (Å²) in [5.74, 6) is 1.13. The van der Waals surface area contributed by atoms with E-state index in [-0.39, 0.29) is 6.04 Å². The predicted octanol–water partition coefficient (Wildman–Crippen LogP) is 4.39. The highest BCUT2D eigenvalue weighted by Gasteiger charge is 2.33. The molecule has 2 aromatic carbocycles. The summed E-state index contributed by atoms with van der Waals surface area (Å²) in [6.07, 6.45) is 2.86. The zero-order chi connectivity index (χ0) is 29.4. The number of piperazine rings is 1. The topological polar surface area (TPSA) is 93.0 Å². The minimum absolute atomic E-state index is 0.278. The van der Waals surface area contributed by atoms with E-state index in [1.807, 2.05) is 18.2 Å². The number of fused-ring (bicyclic) bond motifs is 2. The minimum Gasteiger partial charge on any atom is -0.475 e. The molecule has 3 aliphatic rings. The van der Waals surface area contributed by atoms with Crippen molar-refractivity contribution in [2.45, 2.75) is 31.8 Å². The van der Waals surface area contributed by atoms with Gasteiger partial charge in [-0.25, -0.2) is 8.42 Å². The summed E-state index contributed by atoms with van der Waals surface area (Å²) in [6, 6.07) is 14.8. The average Bonchev–Trinajstić information content (AvgIpc) is 3.43. The van der Waals surface area contributed by atoms with Crippen LogP contribution in [0.3, 0.4) is 0 Å². The second kappa shape index (κ2) is 11.7. The van der Waals surface area contributed by atoms with E-state index < -0.39 is 10.0 Å². The largest absolute Gasteiger partial charge is 0.475 e. The molecule has 0 saturated carbocycles. The molecular weight excluding hydrogens is 572 g/mol. The molecule has 0 N–H and O–H groups in total. The van der Waals surface area contributed by atoms with Gasteiger partial charge in [0.25, 0.3) is 0 Å². The fraction of sp³-hybridized carbons (Fsp3) is 0.419. The minimum atomic E-state index is -3.49. The third kappa shape index (κ3) is 5.31. The van der Waals surface area contributed by atoms with Gasteiger partial charge in [-0.15, -0.1) is 0 Å². The summed E-state index contributed by atoms with van der Waals surface area (Å²) in [6.45, 7) is 7.88. The van der Waals surface area contributed by atoms with Gasteiger partial charge >= 0.3 is 0 Å². The van der Waals surface area contributed by atoms with Crippen molar-refractivity contribution >= 4 is 43.9 Å². The van der Waals surface area contributed by atoms with Crippen LogP contribution in [0.15, 0.2) is 48.4 Å². The Bertz CT molecular complexity index is 1660. The highest BCUT2D eigenvalue weighted by atomic mass is 35.5. The number of hydrogen-bond donors (Lipinski definition) is 0. The van der Waals surface area contributed by atoms with Crippen LogP contribution in [0.25, 0.3) is 10.8 Å². The Morgan fingerprint density at radius 3 is 2.55 bits per heavy atom. The third-order valence-corrected chi connectivity index (χ3v) is 10.6. The van der Waals surface area contributed by atoms with Crippen LogP contribution in [-0.2, 0) is 23.0 Å². The van der Waals surface area contributed by atoms with Gasteiger partial charge in [-0.3, -0.25) is 0 Å². The number of halogens is 1. The maximum atomic E-state index is 12.4. The Morgan fingerprint density at radius 1 is 1.10 bits per heavy atom. The number of rotatable bonds is 7. The molecule has 4 heterocycles. The van der Waals surface area contributed by atoms with E-state index in [0.29, 0.717) is 62.2 Å². The van der Waals surface area contributed by atoms with Crippen molar-refractivity contribution in [3.63, 3.8) is 0 Å². The van der Waals surface area contributed by atoms with Gasteiger partial charge in [-0.05, 0) is 50.4 Å². The Morgan fingerprint density at radius 2 is 1.86 bits per heavy atom. The lowest BCUT2D eigenvalue weighted by atomic mass is 9.94.